The number of carbonyl (C=O) groups is 2. The molecule has 1 heterocycles. The summed E-state index contributed by atoms with van der Waals surface area (Å²) in [6, 6.07) is 6.93. The SMILES string of the molecule is C#CCNC(=O)c1ccccc1NC(=O)C[C@H]1CCO[C@H](CC)C1. The highest BCUT2D eigenvalue weighted by Crippen LogP contribution is 2.25. The van der Waals surface area contributed by atoms with Gasteiger partial charge in [-0.2, -0.15) is 0 Å². The number of carbonyl (C=O) groups excluding carboxylic acids is 2. The van der Waals surface area contributed by atoms with Crippen molar-refractivity contribution >= 4 is 17.5 Å². The molecule has 2 atom stereocenters. The second kappa shape index (κ2) is 9.09. The molecule has 0 aliphatic carbocycles. The molecule has 0 saturated carbocycles. The summed E-state index contributed by atoms with van der Waals surface area (Å²) in [7, 11) is 0. The first-order valence-electron chi connectivity index (χ1n) is 8.36. The van der Waals surface area contributed by atoms with Gasteiger partial charge in [0.1, 0.15) is 0 Å². The number of amides is 2. The van der Waals surface area contributed by atoms with Gasteiger partial charge in [-0.3, -0.25) is 9.59 Å². The lowest BCUT2D eigenvalue weighted by Crippen LogP contribution is -2.29. The van der Waals surface area contributed by atoms with E-state index in [0.29, 0.717) is 30.2 Å². The van der Waals surface area contributed by atoms with Crippen LogP contribution in [0.4, 0.5) is 5.69 Å². The van der Waals surface area contributed by atoms with Gasteiger partial charge in [-0.1, -0.05) is 25.0 Å². The van der Waals surface area contributed by atoms with Gasteiger partial charge in [-0.05, 0) is 37.3 Å². The second-order valence-electron chi connectivity index (χ2n) is 5.98. The number of hydrogen-bond acceptors (Lipinski definition) is 3. The number of benzene rings is 1. The molecule has 0 bridgehead atoms. The normalized spacial score (nSPS) is 20.0. The zero-order valence-electron chi connectivity index (χ0n) is 14.0. The lowest BCUT2D eigenvalue weighted by molar-refractivity contribution is -0.118. The Balaban J connectivity index is 1.96. The minimum atomic E-state index is -0.291. The molecule has 1 saturated heterocycles. The predicted octanol–water partition coefficient (Wildman–Crippen LogP) is 2.58. The topological polar surface area (TPSA) is 67.4 Å². The van der Waals surface area contributed by atoms with Crippen LogP contribution in [0, 0.1) is 18.3 Å². The monoisotopic (exact) mass is 328 g/mol. The van der Waals surface area contributed by atoms with Gasteiger partial charge >= 0.3 is 0 Å². The molecule has 0 aromatic heterocycles. The molecule has 0 unspecified atom stereocenters. The van der Waals surface area contributed by atoms with E-state index < -0.39 is 0 Å². The van der Waals surface area contributed by atoms with Crippen LogP contribution in [-0.2, 0) is 9.53 Å². The van der Waals surface area contributed by atoms with Gasteiger partial charge in [0, 0.05) is 13.0 Å². The van der Waals surface area contributed by atoms with Crippen molar-refractivity contribution in [3.63, 3.8) is 0 Å². The molecule has 1 fully saturated rings. The molecule has 2 rings (SSSR count). The molecule has 2 N–H and O–H groups in total. The van der Waals surface area contributed by atoms with E-state index in [1.807, 2.05) is 0 Å². The zero-order chi connectivity index (χ0) is 17.4. The molecule has 5 heteroatoms. The Morgan fingerprint density at radius 3 is 2.92 bits per heavy atom. The van der Waals surface area contributed by atoms with Crippen molar-refractivity contribution in [2.45, 2.75) is 38.7 Å². The number of rotatable bonds is 6. The van der Waals surface area contributed by atoms with Crippen molar-refractivity contribution in [2.75, 3.05) is 18.5 Å². The molecule has 0 radical (unpaired) electrons. The average molecular weight is 328 g/mol. The Hall–Kier alpha value is -2.32. The first-order valence-corrected chi connectivity index (χ1v) is 8.36. The first kappa shape index (κ1) is 18.0. The predicted molar refractivity (Wildman–Crippen MR) is 93.6 cm³/mol. The lowest BCUT2D eigenvalue weighted by atomic mass is 9.91. The van der Waals surface area contributed by atoms with E-state index in [4.69, 9.17) is 11.2 Å². The third-order valence-corrected chi connectivity index (χ3v) is 4.20. The number of ether oxygens (including phenoxy) is 1. The first-order chi connectivity index (χ1) is 11.6. The van der Waals surface area contributed by atoms with E-state index in [9.17, 15) is 9.59 Å². The average Bonchev–Trinajstić information content (AvgIpc) is 2.60. The molecule has 1 aliphatic heterocycles. The molecule has 0 spiro atoms. The minimum absolute atomic E-state index is 0.0750. The van der Waals surface area contributed by atoms with Gasteiger partial charge in [0.05, 0.1) is 23.9 Å². The molecule has 5 nitrogen and oxygen atoms in total. The van der Waals surface area contributed by atoms with Gasteiger partial charge in [-0.25, -0.2) is 0 Å². The van der Waals surface area contributed by atoms with Gasteiger partial charge in [0.2, 0.25) is 5.91 Å². The Labute approximate surface area is 143 Å². The molecule has 1 aromatic rings. The maximum Gasteiger partial charge on any atom is 0.254 e. The van der Waals surface area contributed by atoms with E-state index in [0.717, 1.165) is 19.3 Å². The third-order valence-electron chi connectivity index (χ3n) is 4.20. The fraction of sp³-hybridized carbons (Fsp3) is 0.474. The third kappa shape index (κ3) is 5.10. The summed E-state index contributed by atoms with van der Waals surface area (Å²) in [5.41, 5.74) is 0.927. The number of para-hydroxylation sites is 1. The highest BCUT2D eigenvalue weighted by molar-refractivity contribution is 6.03. The maximum atomic E-state index is 12.3. The van der Waals surface area contributed by atoms with Crippen LogP contribution in [0.3, 0.4) is 0 Å². The van der Waals surface area contributed by atoms with Crippen molar-refractivity contribution in [3.8, 4) is 12.3 Å². The zero-order valence-corrected chi connectivity index (χ0v) is 14.0. The summed E-state index contributed by atoms with van der Waals surface area (Å²) in [4.78, 5) is 24.5. The van der Waals surface area contributed by atoms with Crippen LogP contribution in [0.1, 0.15) is 43.0 Å². The quantitative estimate of drug-likeness (QED) is 0.789. The number of hydrogen-bond donors (Lipinski definition) is 2. The number of anilines is 1. The smallest absolute Gasteiger partial charge is 0.254 e. The van der Waals surface area contributed by atoms with Crippen LogP contribution in [0.15, 0.2) is 24.3 Å². The van der Waals surface area contributed by atoms with E-state index in [2.05, 4.69) is 23.5 Å². The second-order valence-corrected chi connectivity index (χ2v) is 5.98. The van der Waals surface area contributed by atoms with Crippen LogP contribution >= 0.6 is 0 Å². The fourth-order valence-corrected chi connectivity index (χ4v) is 2.91. The summed E-state index contributed by atoms with van der Waals surface area (Å²) in [6.07, 6.45) is 8.63. The van der Waals surface area contributed by atoms with E-state index in [1.165, 1.54) is 0 Å². The lowest BCUT2D eigenvalue weighted by Gasteiger charge is -2.28. The van der Waals surface area contributed by atoms with Crippen LogP contribution in [0.5, 0.6) is 0 Å². The Bertz CT molecular complexity index is 621. The molecule has 1 aromatic carbocycles. The summed E-state index contributed by atoms with van der Waals surface area (Å²) in [6.45, 7) is 2.96. The molecular weight excluding hydrogens is 304 g/mol. The number of nitrogens with one attached hydrogen (secondary N) is 2. The summed E-state index contributed by atoms with van der Waals surface area (Å²) >= 11 is 0. The van der Waals surface area contributed by atoms with E-state index >= 15 is 0 Å². The molecule has 128 valence electrons. The molecular formula is C19H24N2O3. The Morgan fingerprint density at radius 1 is 1.38 bits per heavy atom. The Kier molecular flexibility index (Phi) is 6.83. The fourth-order valence-electron chi connectivity index (χ4n) is 2.91. The molecule has 2 amide bonds. The van der Waals surface area contributed by atoms with Gasteiger partial charge in [0.25, 0.3) is 5.91 Å². The van der Waals surface area contributed by atoms with E-state index in [1.54, 1.807) is 24.3 Å². The maximum absolute atomic E-state index is 12.3. The van der Waals surface area contributed by atoms with Gasteiger partial charge < -0.3 is 15.4 Å². The number of terminal acetylenes is 1. The van der Waals surface area contributed by atoms with Crippen molar-refractivity contribution in [1.82, 2.24) is 5.32 Å². The highest BCUT2D eigenvalue weighted by atomic mass is 16.5. The summed E-state index contributed by atoms with van der Waals surface area (Å²) in [5.74, 6) is 2.32. The van der Waals surface area contributed by atoms with Crippen molar-refractivity contribution < 1.29 is 14.3 Å². The summed E-state index contributed by atoms with van der Waals surface area (Å²) in [5, 5.41) is 5.47. The Morgan fingerprint density at radius 2 is 2.17 bits per heavy atom. The van der Waals surface area contributed by atoms with Gasteiger partial charge in [-0.15, -0.1) is 6.42 Å². The largest absolute Gasteiger partial charge is 0.378 e. The van der Waals surface area contributed by atoms with Crippen molar-refractivity contribution in [3.05, 3.63) is 29.8 Å². The van der Waals surface area contributed by atoms with Crippen LogP contribution in [0.25, 0.3) is 0 Å². The highest BCUT2D eigenvalue weighted by Gasteiger charge is 2.24. The van der Waals surface area contributed by atoms with Crippen LogP contribution in [-0.4, -0.2) is 31.1 Å². The minimum Gasteiger partial charge on any atom is -0.378 e. The van der Waals surface area contributed by atoms with Gasteiger partial charge in [0.15, 0.2) is 0 Å². The standard InChI is InChI=1S/C19H24N2O3/c1-3-10-20-19(23)16-7-5-6-8-17(16)21-18(22)13-14-9-11-24-15(4-2)12-14/h1,5-8,14-15H,4,9-13H2,2H3,(H,20,23)(H,21,22)/t14-,15+/m0/s1. The van der Waals surface area contributed by atoms with Crippen molar-refractivity contribution in [1.29, 1.82) is 0 Å². The summed E-state index contributed by atoms with van der Waals surface area (Å²) < 4.78 is 5.64. The molecule has 24 heavy (non-hydrogen) atoms. The van der Waals surface area contributed by atoms with Crippen LogP contribution < -0.4 is 10.6 Å². The molecule has 1 aliphatic rings. The van der Waals surface area contributed by atoms with E-state index in [-0.39, 0.29) is 24.5 Å². The van der Waals surface area contributed by atoms with Crippen LogP contribution in [0.2, 0.25) is 0 Å². The van der Waals surface area contributed by atoms with Crippen molar-refractivity contribution in [2.24, 2.45) is 5.92 Å².